The van der Waals surface area contributed by atoms with E-state index in [1.165, 1.54) is 0 Å². The molecule has 0 unspecified atom stereocenters. The molecule has 1 N–H and O–H groups in total. The van der Waals surface area contributed by atoms with Crippen molar-refractivity contribution in [3.63, 3.8) is 0 Å². The van der Waals surface area contributed by atoms with Crippen LogP contribution in [0.3, 0.4) is 0 Å². The molecule has 0 radical (unpaired) electrons. The Kier molecular flexibility index (Phi) is 2.92. The molecule has 1 saturated heterocycles. The van der Waals surface area contributed by atoms with Gasteiger partial charge in [-0.05, 0) is 17.7 Å². The third kappa shape index (κ3) is 2.13. The van der Waals surface area contributed by atoms with Crippen LogP contribution in [0.25, 0.3) is 0 Å². The fraction of sp³-hybridized carbons (Fsp3) is 0.364. The fourth-order valence-corrected chi connectivity index (χ4v) is 1.84. The van der Waals surface area contributed by atoms with E-state index in [0.717, 1.165) is 5.56 Å². The lowest BCUT2D eigenvalue weighted by atomic mass is 10.0. The molecular weight excluding hydrogens is 212 g/mol. The van der Waals surface area contributed by atoms with E-state index in [2.05, 4.69) is 6.07 Å². The van der Waals surface area contributed by atoms with Crippen LogP contribution in [0.1, 0.15) is 11.6 Å². The smallest absolute Gasteiger partial charge is 0.124 e. The molecule has 15 heavy (non-hydrogen) atoms. The maximum Gasteiger partial charge on any atom is 0.124 e. The Bertz CT molecular complexity index is 379. The van der Waals surface area contributed by atoms with Gasteiger partial charge in [-0.2, -0.15) is 5.26 Å². The highest BCUT2D eigenvalue weighted by Crippen LogP contribution is 2.26. The minimum atomic E-state index is -0.284. The second-order valence-electron chi connectivity index (χ2n) is 3.69. The normalized spacial score (nSPS) is 19.3. The van der Waals surface area contributed by atoms with Crippen molar-refractivity contribution in [2.45, 2.75) is 12.1 Å². The summed E-state index contributed by atoms with van der Waals surface area (Å²) in [5.41, 5.74) is 0.925. The summed E-state index contributed by atoms with van der Waals surface area (Å²) in [6.45, 7) is 1.14. The molecule has 1 atom stereocenters. The van der Waals surface area contributed by atoms with E-state index >= 15 is 0 Å². The Labute approximate surface area is 93.5 Å². The first-order valence-electron chi connectivity index (χ1n) is 4.78. The molecule has 78 valence electrons. The lowest BCUT2D eigenvalue weighted by Gasteiger charge is -2.38. The molecule has 0 aromatic heterocycles. The number of nitriles is 1. The van der Waals surface area contributed by atoms with Crippen LogP contribution in [-0.2, 0) is 0 Å². The average molecular weight is 223 g/mol. The molecular formula is C11H11ClN2O. The highest BCUT2D eigenvalue weighted by Gasteiger charge is 2.31. The Morgan fingerprint density at radius 3 is 2.47 bits per heavy atom. The molecule has 1 fully saturated rings. The Morgan fingerprint density at radius 2 is 2.00 bits per heavy atom. The molecule has 0 spiro atoms. The Hall–Kier alpha value is -1.08. The standard InChI is InChI=1S/C11H11ClN2O/c12-9-3-1-8(2-4-9)11(5-13)14-6-10(15)7-14/h1-4,10-11,15H,6-7H2/t11-/m0/s1. The molecule has 1 aliphatic heterocycles. The third-order valence-corrected chi connectivity index (χ3v) is 2.82. The van der Waals surface area contributed by atoms with Gasteiger partial charge in [0.15, 0.2) is 0 Å². The number of rotatable bonds is 2. The zero-order chi connectivity index (χ0) is 10.8. The van der Waals surface area contributed by atoms with E-state index < -0.39 is 0 Å². The van der Waals surface area contributed by atoms with E-state index in [9.17, 15) is 5.11 Å². The van der Waals surface area contributed by atoms with Crippen LogP contribution in [0.2, 0.25) is 5.02 Å². The van der Waals surface area contributed by atoms with Gasteiger partial charge in [-0.1, -0.05) is 23.7 Å². The lowest BCUT2D eigenvalue weighted by molar-refractivity contribution is -0.0127. The van der Waals surface area contributed by atoms with E-state index in [1.807, 2.05) is 17.0 Å². The van der Waals surface area contributed by atoms with Gasteiger partial charge in [0.2, 0.25) is 0 Å². The molecule has 1 aromatic carbocycles. The molecule has 0 amide bonds. The van der Waals surface area contributed by atoms with Crippen molar-refractivity contribution < 1.29 is 5.11 Å². The Balaban J connectivity index is 2.14. The van der Waals surface area contributed by atoms with Crippen LogP contribution < -0.4 is 0 Å². The average Bonchev–Trinajstić information content (AvgIpc) is 2.19. The second kappa shape index (κ2) is 4.19. The quantitative estimate of drug-likeness (QED) is 0.827. The maximum atomic E-state index is 9.18. The first kappa shape index (κ1) is 10.4. The first-order valence-corrected chi connectivity index (χ1v) is 5.15. The van der Waals surface area contributed by atoms with E-state index in [0.29, 0.717) is 18.1 Å². The number of β-amino-alcohol motifs (C(OH)–C–C–N with tert-alkyl or cyclic N) is 1. The molecule has 1 aromatic rings. The first-order chi connectivity index (χ1) is 7.20. The third-order valence-electron chi connectivity index (χ3n) is 2.56. The van der Waals surface area contributed by atoms with Crippen molar-refractivity contribution in [1.82, 2.24) is 4.90 Å². The van der Waals surface area contributed by atoms with Gasteiger partial charge < -0.3 is 5.11 Å². The van der Waals surface area contributed by atoms with Gasteiger partial charge in [-0.3, -0.25) is 4.90 Å². The summed E-state index contributed by atoms with van der Waals surface area (Å²) < 4.78 is 0. The molecule has 3 nitrogen and oxygen atoms in total. The maximum absolute atomic E-state index is 9.18. The van der Waals surface area contributed by atoms with Crippen LogP contribution in [0.5, 0.6) is 0 Å². The van der Waals surface area contributed by atoms with Crippen molar-refractivity contribution in [1.29, 1.82) is 5.26 Å². The number of likely N-dealkylation sites (tertiary alicyclic amines) is 1. The van der Waals surface area contributed by atoms with E-state index in [-0.39, 0.29) is 12.1 Å². The van der Waals surface area contributed by atoms with Gasteiger partial charge in [-0.15, -0.1) is 0 Å². The monoisotopic (exact) mass is 222 g/mol. The number of hydrogen-bond donors (Lipinski definition) is 1. The van der Waals surface area contributed by atoms with Crippen molar-refractivity contribution in [2.24, 2.45) is 0 Å². The summed E-state index contributed by atoms with van der Waals surface area (Å²) in [6, 6.07) is 9.21. The van der Waals surface area contributed by atoms with Crippen molar-refractivity contribution >= 4 is 11.6 Å². The van der Waals surface area contributed by atoms with Crippen LogP contribution in [0, 0.1) is 11.3 Å². The van der Waals surface area contributed by atoms with Gasteiger partial charge in [0, 0.05) is 18.1 Å². The van der Waals surface area contributed by atoms with Gasteiger partial charge in [0.25, 0.3) is 0 Å². The van der Waals surface area contributed by atoms with Crippen LogP contribution in [-0.4, -0.2) is 29.2 Å². The number of aliphatic hydroxyl groups excluding tert-OH is 1. The summed E-state index contributed by atoms with van der Waals surface area (Å²) >= 11 is 5.77. The summed E-state index contributed by atoms with van der Waals surface area (Å²) in [5, 5.41) is 18.9. The van der Waals surface area contributed by atoms with E-state index in [1.54, 1.807) is 12.1 Å². The molecule has 0 aliphatic carbocycles. The van der Waals surface area contributed by atoms with Crippen molar-refractivity contribution in [3.05, 3.63) is 34.9 Å². The molecule has 2 rings (SSSR count). The topological polar surface area (TPSA) is 47.3 Å². The predicted molar refractivity (Wildman–Crippen MR) is 57.4 cm³/mol. The van der Waals surface area contributed by atoms with Crippen molar-refractivity contribution in [2.75, 3.05) is 13.1 Å². The number of aliphatic hydroxyl groups is 1. The largest absolute Gasteiger partial charge is 0.390 e. The van der Waals surface area contributed by atoms with Crippen LogP contribution in [0.4, 0.5) is 0 Å². The summed E-state index contributed by atoms with van der Waals surface area (Å²) in [7, 11) is 0. The molecule has 1 heterocycles. The lowest BCUT2D eigenvalue weighted by Crippen LogP contribution is -2.51. The summed E-state index contributed by atoms with van der Waals surface area (Å²) in [5.74, 6) is 0. The molecule has 1 aliphatic rings. The number of nitrogens with zero attached hydrogens (tertiary/aromatic N) is 2. The van der Waals surface area contributed by atoms with Gasteiger partial charge in [0.05, 0.1) is 12.2 Å². The molecule has 0 bridgehead atoms. The highest BCUT2D eigenvalue weighted by atomic mass is 35.5. The fourth-order valence-electron chi connectivity index (χ4n) is 1.71. The molecule has 0 saturated carbocycles. The van der Waals surface area contributed by atoms with Crippen molar-refractivity contribution in [3.8, 4) is 6.07 Å². The highest BCUT2D eigenvalue weighted by molar-refractivity contribution is 6.30. The summed E-state index contributed by atoms with van der Waals surface area (Å²) in [6.07, 6.45) is -0.284. The van der Waals surface area contributed by atoms with E-state index in [4.69, 9.17) is 16.9 Å². The molecule has 4 heteroatoms. The van der Waals surface area contributed by atoms with Crippen LogP contribution in [0.15, 0.2) is 24.3 Å². The SMILES string of the molecule is N#C[C@@H](c1ccc(Cl)cc1)N1CC(O)C1. The number of hydrogen-bond acceptors (Lipinski definition) is 3. The zero-order valence-corrected chi connectivity index (χ0v) is 8.85. The number of halogens is 1. The minimum Gasteiger partial charge on any atom is -0.390 e. The Morgan fingerprint density at radius 1 is 1.40 bits per heavy atom. The van der Waals surface area contributed by atoms with Crippen LogP contribution >= 0.6 is 11.6 Å². The van der Waals surface area contributed by atoms with Gasteiger partial charge in [-0.25, -0.2) is 0 Å². The van der Waals surface area contributed by atoms with Gasteiger partial charge >= 0.3 is 0 Å². The predicted octanol–water partition coefficient (Wildman–Crippen LogP) is 1.58. The minimum absolute atomic E-state index is 0.273. The number of benzene rings is 1. The van der Waals surface area contributed by atoms with Gasteiger partial charge in [0.1, 0.15) is 6.04 Å². The zero-order valence-electron chi connectivity index (χ0n) is 8.10. The summed E-state index contributed by atoms with van der Waals surface area (Å²) in [4.78, 5) is 1.94. The second-order valence-corrected chi connectivity index (χ2v) is 4.13.